The molecule has 0 amide bonds. The minimum atomic E-state index is 0.565. The van der Waals surface area contributed by atoms with Crippen molar-refractivity contribution in [3.8, 4) is 0 Å². The maximum Gasteiger partial charge on any atom is 0.0516 e. The summed E-state index contributed by atoms with van der Waals surface area (Å²) in [5, 5.41) is 3.82. The summed E-state index contributed by atoms with van der Waals surface area (Å²) in [6, 6.07) is 6.13. The summed E-state index contributed by atoms with van der Waals surface area (Å²) in [5.74, 6) is 0. The largest absolute Gasteiger partial charge is 0.380 e. The topological polar surface area (TPSA) is 12.0 Å². The SMILES string of the molecule is Cc1cccc(NCC(Cl)=CCl)c1C. The van der Waals surface area contributed by atoms with Gasteiger partial charge in [-0.1, -0.05) is 35.3 Å². The van der Waals surface area contributed by atoms with Crippen LogP contribution < -0.4 is 5.32 Å². The molecule has 1 rings (SSSR count). The summed E-state index contributed by atoms with van der Waals surface area (Å²) < 4.78 is 0. The van der Waals surface area contributed by atoms with Gasteiger partial charge in [-0.25, -0.2) is 0 Å². The van der Waals surface area contributed by atoms with Gasteiger partial charge in [0.05, 0.1) is 6.54 Å². The van der Waals surface area contributed by atoms with Gasteiger partial charge < -0.3 is 5.32 Å². The van der Waals surface area contributed by atoms with Crippen LogP contribution in [0.1, 0.15) is 11.1 Å². The predicted octanol–water partition coefficient (Wildman–Crippen LogP) is 4.03. The average Bonchev–Trinajstić information content (AvgIpc) is 2.20. The Balaban J connectivity index is 2.73. The smallest absolute Gasteiger partial charge is 0.0516 e. The zero-order valence-electron chi connectivity index (χ0n) is 8.27. The van der Waals surface area contributed by atoms with Crippen LogP contribution in [0.5, 0.6) is 0 Å². The highest BCUT2D eigenvalue weighted by atomic mass is 35.5. The van der Waals surface area contributed by atoms with E-state index in [1.54, 1.807) is 0 Å². The summed E-state index contributed by atoms with van der Waals surface area (Å²) in [4.78, 5) is 0. The zero-order valence-corrected chi connectivity index (χ0v) is 9.78. The quantitative estimate of drug-likeness (QED) is 0.826. The van der Waals surface area contributed by atoms with Crippen LogP contribution in [-0.4, -0.2) is 6.54 Å². The van der Waals surface area contributed by atoms with Crippen LogP contribution in [0.4, 0.5) is 5.69 Å². The van der Waals surface area contributed by atoms with E-state index in [-0.39, 0.29) is 0 Å². The number of nitrogens with one attached hydrogen (secondary N) is 1. The maximum absolute atomic E-state index is 5.77. The lowest BCUT2D eigenvalue weighted by molar-refractivity contribution is 1.25. The molecule has 0 heterocycles. The molecule has 0 aliphatic rings. The van der Waals surface area contributed by atoms with Gasteiger partial charge >= 0.3 is 0 Å². The van der Waals surface area contributed by atoms with Crippen molar-refractivity contribution in [2.45, 2.75) is 13.8 Å². The number of hydrogen-bond donors (Lipinski definition) is 1. The lowest BCUT2D eigenvalue weighted by atomic mass is 10.1. The first-order valence-electron chi connectivity index (χ1n) is 4.40. The Labute approximate surface area is 94.7 Å². The molecule has 0 radical (unpaired) electrons. The average molecular weight is 230 g/mol. The Hall–Kier alpha value is -0.660. The molecule has 0 aliphatic carbocycles. The Bertz CT molecular complexity index is 345. The monoisotopic (exact) mass is 229 g/mol. The molecule has 0 unspecified atom stereocenters. The molecule has 0 aromatic heterocycles. The molecule has 0 atom stereocenters. The van der Waals surface area contributed by atoms with Crippen molar-refractivity contribution in [1.82, 2.24) is 0 Å². The molecule has 1 N–H and O–H groups in total. The van der Waals surface area contributed by atoms with Gasteiger partial charge in [-0.2, -0.15) is 0 Å². The van der Waals surface area contributed by atoms with Crippen molar-refractivity contribution in [2.24, 2.45) is 0 Å². The Kier molecular flexibility index (Phi) is 4.30. The van der Waals surface area contributed by atoms with Crippen LogP contribution in [0.2, 0.25) is 0 Å². The van der Waals surface area contributed by atoms with Gasteiger partial charge in [-0.15, -0.1) is 0 Å². The highest BCUT2D eigenvalue weighted by Crippen LogP contribution is 2.18. The Morgan fingerprint density at radius 2 is 2.14 bits per heavy atom. The van der Waals surface area contributed by atoms with Crippen molar-refractivity contribution in [3.05, 3.63) is 39.9 Å². The zero-order chi connectivity index (χ0) is 10.6. The van der Waals surface area contributed by atoms with Gasteiger partial charge in [0.15, 0.2) is 0 Å². The molecule has 76 valence electrons. The Morgan fingerprint density at radius 3 is 2.79 bits per heavy atom. The highest BCUT2D eigenvalue weighted by molar-refractivity contribution is 6.36. The molecule has 3 heteroatoms. The molecule has 1 aromatic carbocycles. The minimum Gasteiger partial charge on any atom is -0.380 e. The van der Waals surface area contributed by atoms with Gasteiger partial charge in [-0.3, -0.25) is 0 Å². The highest BCUT2D eigenvalue weighted by Gasteiger charge is 1.99. The molecule has 14 heavy (non-hydrogen) atoms. The summed E-state index contributed by atoms with van der Waals surface area (Å²) in [6.45, 7) is 4.73. The fourth-order valence-electron chi connectivity index (χ4n) is 1.16. The van der Waals surface area contributed by atoms with E-state index in [4.69, 9.17) is 23.2 Å². The second kappa shape index (κ2) is 5.28. The number of anilines is 1. The molecule has 0 aliphatic heterocycles. The summed E-state index contributed by atoms with van der Waals surface area (Å²) in [6.07, 6.45) is 0. The van der Waals surface area contributed by atoms with Crippen molar-refractivity contribution >= 4 is 28.9 Å². The van der Waals surface area contributed by atoms with E-state index in [9.17, 15) is 0 Å². The van der Waals surface area contributed by atoms with E-state index in [1.165, 1.54) is 16.7 Å². The van der Waals surface area contributed by atoms with Gasteiger partial charge in [0.2, 0.25) is 0 Å². The van der Waals surface area contributed by atoms with E-state index in [2.05, 4.69) is 25.2 Å². The van der Waals surface area contributed by atoms with E-state index < -0.39 is 0 Å². The molecule has 1 aromatic rings. The molecule has 0 fully saturated rings. The van der Waals surface area contributed by atoms with Crippen molar-refractivity contribution in [1.29, 1.82) is 0 Å². The van der Waals surface area contributed by atoms with Crippen LogP contribution in [0.15, 0.2) is 28.8 Å². The van der Waals surface area contributed by atoms with Crippen molar-refractivity contribution < 1.29 is 0 Å². The first-order chi connectivity index (χ1) is 6.65. The molecule has 0 saturated carbocycles. The Morgan fingerprint density at radius 1 is 1.43 bits per heavy atom. The van der Waals surface area contributed by atoms with Gasteiger partial charge in [0.25, 0.3) is 0 Å². The lowest BCUT2D eigenvalue weighted by Gasteiger charge is -2.10. The third-order valence-corrected chi connectivity index (χ3v) is 2.79. The number of hydrogen-bond acceptors (Lipinski definition) is 1. The number of benzene rings is 1. The maximum atomic E-state index is 5.77. The fourth-order valence-corrected chi connectivity index (χ4v) is 1.30. The van der Waals surface area contributed by atoms with Crippen LogP contribution >= 0.6 is 23.2 Å². The lowest BCUT2D eigenvalue weighted by Crippen LogP contribution is -2.03. The van der Waals surface area contributed by atoms with Gasteiger partial charge in [-0.05, 0) is 31.0 Å². The molecular weight excluding hydrogens is 217 g/mol. The minimum absolute atomic E-state index is 0.565. The van der Waals surface area contributed by atoms with Crippen LogP contribution in [-0.2, 0) is 0 Å². The molecule has 1 nitrogen and oxygen atoms in total. The standard InChI is InChI=1S/C11H13Cl2N/c1-8-4-3-5-11(9(8)2)14-7-10(13)6-12/h3-6,14H,7H2,1-2H3. The second-order valence-corrected chi connectivity index (χ2v) is 3.86. The molecule has 0 spiro atoms. The fraction of sp³-hybridized carbons (Fsp3) is 0.273. The van der Waals surface area contributed by atoms with Crippen LogP contribution in [0.3, 0.4) is 0 Å². The summed E-state index contributed by atoms with van der Waals surface area (Å²) >= 11 is 11.2. The number of rotatable bonds is 3. The number of aryl methyl sites for hydroxylation is 1. The third-order valence-electron chi connectivity index (χ3n) is 2.17. The van der Waals surface area contributed by atoms with Crippen LogP contribution in [0, 0.1) is 13.8 Å². The first kappa shape index (κ1) is 11.4. The molecule has 0 saturated heterocycles. The number of halogens is 2. The molecule has 0 bridgehead atoms. The van der Waals surface area contributed by atoms with Gasteiger partial charge in [0.1, 0.15) is 0 Å². The van der Waals surface area contributed by atoms with E-state index in [0.717, 1.165) is 5.69 Å². The van der Waals surface area contributed by atoms with E-state index in [0.29, 0.717) is 11.6 Å². The normalized spacial score (nSPS) is 11.6. The van der Waals surface area contributed by atoms with E-state index >= 15 is 0 Å². The summed E-state index contributed by atoms with van der Waals surface area (Å²) in [7, 11) is 0. The summed E-state index contributed by atoms with van der Waals surface area (Å²) in [5.41, 5.74) is 4.98. The predicted molar refractivity (Wildman–Crippen MR) is 64.2 cm³/mol. The second-order valence-electron chi connectivity index (χ2n) is 3.16. The van der Waals surface area contributed by atoms with Crippen molar-refractivity contribution in [2.75, 3.05) is 11.9 Å². The first-order valence-corrected chi connectivity index (χ1v) is 5.21. The third kappa shape index (κ3) is 2.93. The molecular formula is C11H13Cl2N. The van der Waals surface area contributed by atoms with Crippen LogP contribution in [0.25, 0.3) is 0 Å². The van der Waals surface area contributed by atoms with Gasteiger partial charge in [0, 0.05) is 16.3 Å². The van der Waals surface area contributed by atoms with E-state index in [1.807, 2.05) is 12.1 Å². The van der Waals surface area contributed by atoms with Crippen molar-refractivity contribution in [3.63, 3.8) is 0 Å².